The zero-order chi connectivity index (χ0) is 37.6. The van der Waals surface area contributed by atoms with Gasteiger partial charge in [-0.25, -0.2) is 0 Å². The van der Waals surface area contributed by atoms with Crippen LogP contribution in [0.2, 0.25) is 0 Å². The molecule has 9 aromatic carbocycles. The number of rotatable bonds is 7. The number of benzene rings is 9. The topological polar surface area (TPSA) is 3.24 Å². The van der Waals surface area contributed by atoms with Crippen LogP contribution in [-0.2, 0) is 5.41 Å². The van der Waals surface area contributed by atoms with Crippen LogP contribution in [0.1, 0.15) is 25.0 Å². The summed E-state index contributed by atoms with van der Waals surface area (Å²) in [6.07, 6.45) is 0. The van der Waals surface area contributed by atoms with E-state index in [1.165, 1.54) is 83.2 Å². The summed E-state index contributed by atoms with van der Waals surface area (Å²) < 4.78 is 0. The van der Waals surface area contributed by atoms with Crippen molar-refractivity contribution in [2.75, 3.05) is 4.90 Å². The zero-order valence-electron chi connectivity index (χ0n) is 31.7. The highest BCUT2D eigenvalue weighted by Gasteiger charge is 2.37. The molecule has 1 nitrogen and oxygen atoms in total. The third-order valence-electron chi connectivity index (χ3n) is 11.7. The number of hydrogen-bond donors (Lipinski definition) is 0. The molecule has 0 N–H and O–H groups in total. The number of fused-ring (bicyclic) bond motifs is 4. The van der Waals surface area contributed by atoms with Gasteiger partial charge in [0.1, 0.15) is 0 Å². The predicted octanol–water partition coefficient (Wildman–Crippen LogP) is 15.3. The van der Waals surface area contributed by atoms with Gasteiger partial charge in [-0.3, -0.25) is 0 Å². The van der Waals surface area contributed by atoms with Crippen LogP contribution in [0.5, 0.6) is 0 Å². The highest BCUT2D eigenvalue weighted by Crippen LogP contribution is 2.55. The fourth-order valence-corrected chi connectivity index (χ4v) is 8.84. The van der Waals surface area contributed by atoms with Crippen LogP contribution in [0.25, 0.3) is 66.4 Å². The van der Waals surface area contributed by atoms with Crippen molar-refractivity contribution in [2.24, 2.45) is 0 Å². The highest BCUT2D eigenvalue weighted by molar-refractivity contribution is 5.99. The van der Waals surface area contributed by atoms with Gasteiger partial charge < -0.3 is 4.90 Å². The first-order valence-corrected chi connectivity index (χ1v) is 19.5. The summed E-state index contributed by atoms with van der Waals surface area (Å²) in [6, 6.07) is 77.5. The van der Waals surface area contributed by atoms with E-state index >= 15 is 0 Å². The van der Waals surface area contributed by atoms with Crippen molar-refractivity contribution < 1.29 is 0 Å². The molecule has 0 aromatic heterocycles. The van der Waals surface area contributed by atoms with E-state index in [0.29, 0.717) is 0 Å². The van der Waals surface area contributed by atoms with Crippen molar-refractivity contribution in [1.82, 2.24) is 0 Å². The third kappa shape index (κ3) is 5.72. The fraction of sp³-hybridized carbons (Fsp3) is 0.0545. The molecule has 56 heavy (non-hydrogen) atoms. The average molecular weight is 716 g/mol. The van der Waals surface area contributed by atoms with Crippen LogP contribution in [0.15, 0.2) is 212 Å². The third-order valence-corrected chi connectivity index (χ3v) is 11.7. The van der Waals surface area contributed by atoms with Crippen molar-refractivity contribution >= 4 is 27.8 Å². The van der Waals surface area contributed by atoms with Crippen LogP contribution in [0.4, 0.5) is 17.1 Å². The van der Waals surface area contributed by atoms with Crippen LogP contribution in [0, 0.1) is 0 Å². The number of hydrogen-bond acceptors (Lipinski definition) is 1. The molecule has 266 valence electrons. The van der Waals surface area contributed by atoms with Crippen LogP contribution < -0.4 is 4.90 Å². The molecule has 9 aromatic rings. The Labute approximate surface area is 329 Å². The van der Waals surface area contributed by atoms with E-state index in [1.54, 1.807) is 0 Å². The molecule has 0 radical (unpaired) electrons. The molecular formula is C55H41N. The molecule has 0 spiro atoms. The monoisotopic (exact) mass is 715 g/mol. The molecule has 0 amide bonds. The first-order chi connectivity index (χ1) is 27.5. The van der Waals surface area contributed by atoms with E-state index in [-0.39, 0.29) is 5.41 Å². The molecule has 0 unspecified atom stereocenters. The highest BCUT2D eigenvalue weighted by atomic mass is 15.1. The molecule has 0 heterocycles. The Balaban J connectivity index is 1.10. The van der Waals surface area contributed by atoms with Crippen LogP contribution >= 0.6 is 0 Å². The molecule has 1 aliphatic carbocycles. The minimum atomic E-state index is -0.111. The van der Waals surface area contributed by atoms with Crippen molar-refractivity contribution in [3.05, 3.63) is 223 Å². The standard InChI is InChI=1S/C55H41N/c1-55(2)50-22-10-8-20-49(50)54-51(55)23-13-25-53(54)56(45-36-34-41(35-37-45)40-28-26-39(27-29-40)38-14-4-3-5-15-38)52-24-11-9-19-48(52)44-32-30-43(31-33-44)47-21-12-17-42-16-6-7-18-46(42)47/h3-37H,1-2H3. The van der Waals surface area contributed by atoms with E-state index in [4.69, 9.17) is 0 Å². The lowest BCUT2D eigenvalue weighted by molar-refractivity contribution is 0.660. The Morgan fingerprint density at radius 2 is 0.786 bits per heavy atom. The molecule has 0 fully saturated rings. The quantitative estimate of drug-likeness (QED) is 0.159. The summed E-state index contributed by atoms with van der Waals surface area (Å²) in [5.74, 6) is 0. The summed E-state index contributed by atoms with van der Waals surface area (Å²) in [4.78, 5) is 2.48. The Kier molecular flexibility index (Phi) is 8.23. The summed E-state index contributed by atoms with van der Waals surface area (Å²) in [5.41, 5.74) is 18.3. The van der Waals surface area contributed by atoms with Crippen molar-refractivity contribution in [1.29, 1.82) is 0 Å². The summed E-state index contributed by atoms with van der Waals surface area (Å²) in [6.45, 7) is 4.71. The summed E-state index contributed by atoms with van der Waals surface area (Å²) in [7, 11) is 0. The number of para-hydroxylation sites is 1. The second-order valence-electron chi connectivity index (χ2n) is 15.3. The van der Waals surface area contributed by atoms with Gasteiger partial charge in [-0.05, 0) is 90.7 Å². The zero-order valence-corrected chi connectivity index (χ0v) is 31.7. The van der Waals surface area contributed by atoms with E-state index in [2.05, 4.69) is 231 Å². The average Bonchev–Trinajstić information content (AvgIpc) is 3.51. The molecule has 1 aliphatic rings. The fourth-order valence-electron chi connectivity index (χ4n) is 8.84. The smallest absolute Gasteiger partial charge is 0.0543 e. The largest absolute Gasteiger partial charge is 0.309 e. The second kappa shape index (κ2) is 13.7. The summed E-state index contributed by atoms with van der Waals surface area (Å²) >= 11 is 0. The van der Waals surface area contributed by atoms with Crippen molar-refractivity contribution in [2.45, 2.75) is 19.3 Å². The van der Waals surface area contributed by atoms with Gasteiger partial charge in [0.2, 0.25) is 0 Å². The predicted molar refractivity (Wildman–Crippen MR) is 238 cm³/mol. The van der Waals surface area contributed by atoms with Crippen molar-refractivity contribution in [3.8, 4) is 55.6 Å². The Morgan fingerprint density at radius 1 is 0.321 bits per heavy atom. The van der Waals surface area contributed by atoms with Gasteiger partial charge in [0.05, 0.1) is 11.4 Å². The number of nitrogens with zero attached hydrogens (tertiary/aromatic N) is 1. The van der Waals surface area contributed by atoms with Crippen molar-refractivity contribution in [3.63, 3.8) is 0 Å². The molecule has 0 saturated heterocycles. The maximum Gasteiger partial charge on any atom is 0.0543 e. The van der Waals surface area contributed by atoms with Gasteiger partial charge in [-0.2, -0.15) is 0 Å². The Bertz CT molecular complexity index is 2840. The second-order valence-corrected chi connectivity index (χ2v) is 15.3. The first-order valence-electron chi connectivity index (χ1n) is 19.5. The minimum Gasteiger partial charge on any atom is -0.309 e. The molecule has 0 saturated carbocycles. The molecule has 1 heteroatoms. The Hall–Kier alpha value is -6.96. The van der Waals surface area contributed by atoms with E-state index < -0.39 is 0 Å². The molecular weight excluding hydrogens is 675 g/mol. The lowest BCUT2D eigenvalue weighted by Crippen LogP contribution is -2.16. The van der Waals surface area contributed by atoms with Gasteiger partial charge >= 0.3 is 0 Å². The van der Waals surface area contributed by atoms with Crippen LogP contribution in [0.3, 0.4) is 0 Å². The lowest BCUT2D eigenvalue weighted by atomic mass is 9.82. The van der Waals surface area contributed by atoms with E-state index in [0.717, 1.165) is 11.4 Å². The Morgan fingerprint density at radius 3 is 1.52 bits per heavy atom. The summed E-state index contributed by atoms with van der Waals surface area (Å²) in [5, 5.41) is 2.52. The van der Waals surface area contributed by atoms with Gasteiger partial charge in [0.25, 0.3) is 0 Å². The molecule has 0 atom stereocenters. The lowest BCUT2D eigenvalue weighted by Gasteiger charge is -2.30. The minimum absolute atomic E-state index is 0.111. The SMILES string of the molecule is CC1(C)c2ccccc2-c2c(N(c3ccc(-c4ccc(-c5ccccc5)cc4)cc3)c3ccccc3-c3ccc(-c4cccc5ccccc45)cc3)cccc21. The maximum absolute atomic E-state index is 2.48. The molecule has 0 bridgehead atoms. The normalized spacial score (nSPS) is 12.6. The van der Waals surface area contributed by atoms with E-state index in [9.17, 15) is 0 Å². The van der Waals surface area contributed by atoms with E-state index in [1.807, 2.05) is 0 Å². The maximum atomic E-state index is 2.48. The first kappa shape index (κ1) is 33.6. The van der Waals surface area contributed by atoms with Gasteiger partial charge in [0, 0.05) is 22.2 Å². The van der Waals surface area contributed by atoms with Gasteiger partial charge in [-0.1, -0.05) is 202 Å². The van der Waals surface area contributed by atoms with Gasteiger partial charge in [-0.15, -0.1) is 0 Å². The molecule has 0 aliphatic heterocycles. The van der Waals surface area contributed by atoms with Crippen LogP contribution in [-0.4, -0.2) is 0 Å². The number of anilines is 3. The van der Waals surface area contributed by atoms with Gasteiger partial charge in [0.15, 0.2) is 0 Å². The molecule has 10 rings (SSSR count).